The lowest BCUT2D eigenvalue weighted by atomic mass is 10.1. The van der Waals surface area contributed by atoms with Crippen LogP contribution in [0.5, 0.6) is 0 Å². The van der Waals surface area contributed by atoms with Gasteiger partial charge in [-0.25, -0.2) is 0 Å². The van der Waals surface area contributed by atoms with E-state index in [0.29, 0.717) is 6.54 Å². The minimum atomic E-state index is -0.0347. The Kier molecular flexibility index (Phi) is 3.83. The zero-order chi connectivity index (χ0) is 14.7. The van der Waals surface area contributed by atoms with Gasteiger partial charge in [0, 0.05) is 36.1 Å². The maximum absolute atomic E-state index is 12.0. The molecule has 1 unspecified atom stereocenters. The molecule has 0 fully saturated rings. The van der Waals surface area contributed by atoms with E-state index in [1.165, 1.54) is 0 Å². The number of fused-ring (bicyclic) bond motifs is 1. The second-order valence-electron chi connectivity index (χ2n) is 5.22. The molecule has 2 aromatic heterocycles. The Hall–Kier alpha value is -2.40. The van der Waals surface area contributed by atoms with Crippen LogP contribution in [0.25, 0.3) is 10.9 Å². The molecule has 0 saturated heterocycles. The van der Waals surface area contributed by atoms with Gasteiger partial charge in [0.2, 0.25) is 0 Å². The molecule has 1 atom stereocenters. The molecule has 0 radical (unpaired) electrons. The van der Waals surface area contributed by atoms with Crippen molar-refractivity contribution in [3.05, 3.63) is 64.7 Å². The summed E-state index contributed by atoms with van der Waals surface area (Å²) in [6.45, 7) is 3.40. The van der Waals surface area contributed by atoms with E-state index in [4.69, 9.17) is 0 Å². The molecule has 5 heteroatoms. The summed E-state index contributed by atoms with van der Waals surface area (Å²) in [4.78, 5) is 15.0. The second kappa shape index (κ2) is 5.93. The summed E-state index contributed by atoms with van der Waals surface area (Å²) in [6.07, 6.45) is 3.70. The lowest BCUT2D eigenvalue weighted by Crippen LogP contribution is -2.32. The summed E-state index contributed by atoms with van der Waals surface area (Å²) >= 11 is 0. The molecule has 2 heterocycles. The first-order chi connectivity index (χ1) is 10.2. The smallest absolute Gasteiger partial charge is 0.252 e. The molecular weight excluding hydrogens is 264 g/mol. The van der Waals surface area contributed by atoms with E-state index in [1.807, 2.05) is 47.3 Å². The van der Waals surface area contributed by atoms with E-state index in [9.17, 15) is 4.79 Å². The molecule has 0 amide bonds. The Labute approximate surface area is 122 Å². The van der Waals surface area contributed by atoms with Crippen molar-refractivity contribution in [3.8, 4) is 0 Å². The highest BCUT2D eigenvalue weighted by molar-refractivity contribution is 5.78. The van der Waals surface area contributed by atoms with Crippen LogP contribution >= 0.6 is 0 Å². The van der Waals surface area contributed by atoms with Gasteiger partial charge in [0.05, 0.1) is 6.54 Å². The molecule has 3 rings (SSSR count). The summed E-state index contributed by atoms with van der Waals surface area (Å²) in [5, 5.41) is 8.59. The van der Waals surface area contributed by atoms with Crippen LogP contribution in [0.15, 0.2) is 53.6 Å². The van der Waals surface area contributed by atoms with Crippen LogP contribution in [-0.4, -0.2) is 20.8 Å². The van der Waals surface area contributed by atoms with Gasteiger partial charge in [-0.05, 0) is 30.5 Å². The van der Waals surface area contributed by atoms with Crippen molar-refractivity contribution < 1.29 is 0 Å². The van der Waals surface area contributed by atoms with Crippen LogP contribution in [0.2, 0.25) is 0 Å². The molecule has 3 aromatic rings. The number of aromatic nitrogens is 3. The third-order valence-corrected chi connectivity index (χ3v) is 3.49. The number of rotatable bonds is 5. The summed E-state index contributed by atoms with van der Waals surface area (Å²) in [5.41, 5.74) is 1.59. The minimum Gasteiger partial charge on any atom is -0.322 e. The predicted octanol–water partition coefficient (Wildman–Crippen LogP) is 1.90. The molecule has 5 nitrogen and oxygen atoms in total. The highest BCUT2D eigenvalue weighted by atomic mass is 16.1. The van der Waals surface area contributed by atoms with Gasteiger partial charge in [0.1, 0.15) is 0 Å². The lowest BCUT2D eigenvalue weighted by Gasteiger charge is -2.13. The van der Waals surface area contributed by atoms with Crippen LogP contribution in [0.4, 0.5) is 0 Å². The third kappa shape index (κ3) is 3.20. The maximum Gasteiger partial charge on any atom is 0.252 e. The summed E-state index contributed by atoms with van der Waals surface area (Å²) in [5.74, 6) is 0. The fourth-order valence-electron chi connectivity index (χ4n) is 2.36. The van der Waals surface area contributed by atoms with Crippen LogP contribution in [0.3, 0.4) is 0 Å². The number of pyridine rings is 1. The number of H-pyrrole nitrogens is 1. The van der Waals surface area contributed by atoms with Gasteiger partial charge in [-0.1, -0.05) is 18.2 Å². The first kappa shape index (κ1) is 13.6. The van der Waals surface area contributed by atoms with Gasteiger partial charge in [0.25, 0.3) is 5.56 Å². The Balaban J connectivity index is 1.70. The topological polar surface area (TPSA) is 62.7 Å². The van der Waals surface area contributed by atoms with Crippen molar-refractivity contribution in [2.75, 3.05) is 0 Å². The van der Waals surface area contributed by atoms with Gasteiger partial charge in [0.15, 0.2) is 0 Å². The molecule has 108 valence electrons. The SMILES string of the molecule is CC(Cn1cccn1)NCc1cc2ccccc2[nH]c1=O. The van der Waals surface area contributed by atoms with E-state index < -0.39 is 0 Å². The van der Waals surface area contributed by atoms with Crippen LogP contribution in [0.1, 0.15) is 12.5 Å². The van der Waals surface area contributed by atoms with Crippen molar-refractivity contribution in [2.45, 2.75) is 26.1 Å². The van der Waals surface area contributed by atoms with E-state index in [1.54, 1.807) is 6.20 Å². The molecule has 0 aliphatic carbocycles. The van der Waals surface area contributed by atoms with E-state index in [2.05, 4.69) is 22.3 Å². The molecule has 0 aliphatic heterocycles. The predicted molar refractivity (Wildman–Crippen MR) is 83.1 cm³/mol. The van der Waals surface area contributed by atoms with Crippen LogP contribution in [-0.2, 0) is 13.1 Å². The van der Waals surface area contributed by atoms with Gasteiger partial charge in [-0.2, -0.15) is 5.10 Å². The normalized spacial score (nSPS) is 12.6. The lowest BCUT2D eigenvalue weighted by molar-refractivity contribution is 0.450. The molecule has 0 bridgehead atoms. The summed E-state index contributed by atoms with van der Waals surface area (Å²) in [7, 11) is 0. The van der Waals surface area contributed by atoms with Crippen molar-refractivity contribution in [3.63, 3.8) is 0 Å². The van der Waals surface area contributed by atoms with Crippen LogP contribution < -0.4 is 10.9 Å². The standard InChI is InChI=1S/C16H18N4O/c1-12(11-20-8-4-7-18-20)17-10-14-9-13-5-2-3-6-15(13)19-16(14)21/h2-9,12,17H,10-11H2,1H3,(H,19,21). The Morgan fingerprint density at radius 1 is 1.33 bits per heavy atom. The van der Waals surface area contributed by atoms with Crippen molar-refractivity contribution in [2.24, 2.45) is 0 Å². The summed E-state index contributed by atoms with van der Waals surface area (Å²) < 4.78 is 1.88. The van der Waals surface area contributed by atoms with Gasteiger partial charge < -0.3 is 10.3 Å². The number of aromatic amines is 1. The fraction of sp³-hybridized carbons (Fsp3) is 0.250. The molecule has 2 N–H and O–H groups in total. The average molecular weight is 282 g/mol. The Morgan fingerprint density at radius 2 is 2.19 bits per heavy atom. The molecule has 1 aromatic carbocycles. The van der Waals surface area contributed by atoms with E-state index >= 15 is 0 Å². The van der Waals surface area contributed by atoms with E-state index in [-0.39, 0.29) is 11.6 Å². The fourth-order valence-corrected chi connectivity index (χ4v) is 2.36. The summed E-state index contributed by atoms with van der Waals surface area (Å²) in [6, 6.07) is 11.9. The first-order valence-electron chi connectivity index (χ1n) is 7.04. The number of hydrogen-bond acceptors (Lipinski definition) is 3. The molecule has 21 heavy (non-hydrogen) atoms. The number of hydrogen-bond donors (Lipinski definition) is 2. The maximum atomic E-state index is 12.0. The van der Waals surface area contributed by atoms with Crippen molar-refractivity contribution in [1.82, 2.24) is 20.1 Å². The zero-order valence-electron chi connectivity index (χ0n) is 11.9. The van der Waals surface area contributed by atoms with Crippen molar-refractivity contribution >= 4 is 10.9 Å². The molecule has 0 spiro atoms. The molecule has 0 saturated carbocycles. The van der Waals surface area contributed by atoms with E-state index in [0.717, 1.165) is 23.0 Å². The van der Waals surface area contributed by atoms with Crippen molar-refractivity contribution in [1.29, 1.82) is 0 Å². The zero-order valence-corrected chi connectivity index (χ0v) is 11.9. The highest BCUT2D eigenvalue weighted by Gasteiger charge is 2.06. The number of para-hydroxylation sites is 1. The monoisotopic (exact) mass is 282 g/mol. The number of nitrogens with zero attached hydrogens (tertiary/aromatic N) is 2. The molecular formula is C16H18N4O. The number of nitrogens with one attached hydrogen (secondary N) is 2. The molecule has 0 aliphatic rings. The average Bonchev–Trinajstić information content (AvgIpc) is 2.98. The first-order valence-corrected chi connectivity index (χ1v) is 7.04. The quantitative estimate of drug-likeness (QED) is 0.751. The second-order valence-corrected chi connectivity index (χ2v) is 5.22. The Morgan fingerprint density at radius 3 is 3.00 bits per heavy atom. The third-order valence-electron chi connectivity index (χ3n) is 3.49. The van der Waals surface area contributed by atoms with Gasteiger partial charge >= 0.3 is 0 Å². The largest absolute Gasteiger partial charge is 0.322 e. The Bertz CT molecular complexity index is 776. The van der Waals surface area contributed by atoms with Crippen LogP contribution in [0, 0.1) is 0 Å². The van der Waals surface area contributed by atoms with Gasteiger partial charge in [-0.3, -0.25) is 9.48 Å². The number of benzene rings is 1. The van der Waals surface area contributed by atoms with Gasteiger partial charge in [-0.15, -0.1) is 0 Å². The minimum absolute atomic E-state index is 0.0347. The highest BCUT2D eigenvalue weighted by Crippen LogP contribution is 2.10.